The number of hydrogen-bond acceptors (Lipinski definition) is 4. The lowest BCUT2D eigenvalue weighted by molar-refractivity contribution is 0.0521. The molecular formula is C13H24N2O3. The minimum Gasteiger partial charge on any atom is -0.504 e. The van der Waals surface area contributed by atoms with Crippen molar-refractivity contribution in [3.8, 4) is 0 Å². The average Bonchev–Trinajstić information content (AvgIpc) is 2.21. The summed E-state index contributed by atoms with van der Waals surface area (Å²) < 4.78 is 10.0. The van der Waals surface area contributed by atoms with E-state index in [1.54, 1.807) is 27.7 Å². The van der Waals surface area contributed by atoms with Crippen molar-refractivity contribution in [3.05, 3.63) is 11.8 Å². The van der Waals surface area contributed by atoms with Crippen molar-refractivity contribution in [1.29, 1.82) is 5.41 Å². The second-order valence-electron chi connectivity index (χ2n) is 5.01. The molecule has 0 rings (SSSR count). The van der Waals surface area contributed by atoms with Crippen LogP contribution in [0, 0.1) is 5.41 Å². The third kappa shape index (κ3) is 6.27. The van der Waals surface area contributed by atoms with Crippen LogP contribution in [0.5, 0.6) is 0 Å². The summed E-state index contributed by atoms with van der Waals surface area (Å²) in [5.74, 6) is 0. The van der Waals surface area contributed by atoms with Crippen molar-refractivity contribution in [1.82, 2.24) is 5.32 Å². The summed E-state index contributed by atoms with van der Waals surface area (Å²) >= 11 is 0. The van der Waals surface area contributed by atoms with Gasteiger partial charge in [0.1, 0.15) is 5.60 Å². The van der Waals surface area contributed by atoms with E-state index in [0.717, 1.165) is 5.57 Å². The second kappa shape index (κ2) is 7.03. The first-order valence-corrected chi connectivity index (χ1v) is 6.01. The standard InChI is InChI=1S/C13H24N2O3/c1-7-10(8-17-6)11(14)9(2)15-12(16)18-13(3,4)5/h8-9,14H,7H2,1-6H3,(H,15,16)/b10-8+,14-11?. The average molecular weight is 256 g/mol. The molecular weight excluding hydrogens is 232 g/mol. The number of rotatable bonds is 5. The Morgan fingerprint density at radius 1 is 1.44 bits per heavy atom. The lowest BCUT2D eigenvalue weighted by atomic mass is 10.0. The molecule has 0 aliphatic heterocycles. The van der Waals surface area contributed by atoms with Crippen LogP contribution < -0.4 is 5.32 Å². The Morgan fingerprint density at radius 2 is 2.00 bits per heavy atom. The molecule has 104 valence electrons. The molecule has 0 aromatic rings. The first-order chi connectivity index (χ1) is 8.21. The summed E-state index contributed by atoms with van der Waals surface area (Å²) in [5.41, 5.74) is 0.536. The molecule has 5 nitrogen and oxygen atoms in total. The summed E-state index contributed by atoms with van der Waals surface area (Å²) in [7, 11) is 1.54. The van der Waals surface area contributed by atoms with Crippen LogP contribution in [0.3, 0.4) is 0 Å². The molecule has 0 aromatic heterocycles. The Hall–Kier alpha value is -1.52. The van der Waals surface area contributed by atoms with Crippen LogP contribution in [0.4, 0.5) is 4.79 Å². The predicted octanol–water partition coefficient (Wildman–Crippen LogP) is 2.86. The molecule has 0 aliphatic rings. The van der Waals surface area contributed by atoms with Gasteiger partial charge in [0.15, 0.2) is 0 Å². The van der Waals surface area contributed by atoms with Crippen LogP contribution in [0.2, 0.25) is 0 Å². The number of ether oxygens (including phenoxy) is 2. The van der Waals surface area contributed by atoms with E-state index in [4.69, 9.17) is 14.9 Å². The number of methoxy groups -OCH3 is 1. The third-order valence-electron chi connectivity index (χ3n) is 2.15. The van der Waals surface area contributed by atoms with Gasteiger partial charge in [-0.2, -0.15) is 0 Å². The first-order valence-electron chi connectivity index (χ1n) is 6.01. The number of nitrogens with one attached hydrogen (secondary N) is 2. The molecule has 2 N–H and O–H groups in total. The Labute approximate surface area is 109 Å². The summed E-state index contributed by atoms with van der Waals surface area (Å²) in [6.07, 6.45) is 1.68. The maximum absolute atomic E-state index is 11.6. The number of carbonyl (C=O) groups is 1. The molecule has 5 heteroatoms. The van der Waals surface area contributed by atoms with E-state index in [1.165, 1.54) is 13.4 Å². The topological polar surface area (TPSA) is 71.4 Å². The highest BCUT2D eigenvalue weighted by Crippen LogP contribution is 2.09. The fourth-order valence-electron chi connectivity index (χ4n) is 1.31. The molecule has 0 aromatic carbocycles. The van der Waals surface area contributed by atoms with Gasteiger partial charge in [0.05, 0.1) is 25.1 Å². The fourth-order valence-corrected chi connectivity index (χ4v) is 1.31. The van der Waals surface area contributed by atoms with E-state index in [1.807, 2.05) is 6.92 Å². The maximum Gasteiger partial charge on any atom is 0.408 e. The zero-order valence-electron chi connectivity index (χ0n) is 12.1. The summed E-state index contributed by atoms with van der Waals surface area (Å²) in [5, 5.41) is 10.6. The van der Waals surface area contributed by atoms with E-state index >= 15 is 0 Å². The van der Waals surface area contributed by atoms with Gasteiger partial charge in [0.2, 0.25) is 0 Å². The SMILES string of the molecule is CC/C(=C\OC)C(=N)C(C)NC(=O)OC(C)(C)C. The van der Waals surface area contributed by atoms with Gasteiger partial charge in [-0.05, 0) is 34.1 Å². The zero-order valence-corrected chi connectivity index (χ0v) is 12.1. The monoisotopic (exact) mass is 256 g/mol. The van der Waals surface area contributed by atoms with Gasteiger partial charge in [-0.25, -0.2) is 4.79 Å². The molecule has 0 aliphatic carbocycles. The highest BCUT2D eigenvalue weighted by Gasteiger charge is 2.20. The van der Waals surface area contributed by atoms with Gasteiger partial charge < -0.3 is 20.2 Å². The van der Waals surface area contributed by atoms with E-state index < -0.39 is 17.7 Å². The predicted molar refractivity (Wildman–Crippen MR) is 71.9 cm³/mol. The molecule has 0 bridgehead atoms. The number of amides is 1. The molecule has 0 spiro atoms. The third-order valence-corrected chi connectivity index (χ3v) is 2.15. The molecule has 1 unspecified atom stereocenters. The smallest absolute Gasteiger partial charge is 0.408 e. The minimum absolute atomic E-state index is 0.324. The molecule has 18 heavy (non-hydrogen) atoms. The van der Waals surface area contributed by atoms with Gasteiger partial charge >= 0.3 is 6.09 Å². The quantitative estimate of drug-likeness (QED) is 0.587. The van der Waals surface area contributed by atoms with Crippen molar-refractivity contribution in [2.45, 2.75) is 52.7 Å². The Balaban J connectivity index is 4.49. The molecule has 0 saturated heterocycles. The Kier molecular flexibility index (Phi) is 6.44. The van der Waals surface area contributed by atoms with Gasteiger partial charge in [-0.1, -0.05) is 6.92 Å². The van der Waals surface area contributed by atoms with E-state index in [-0.39, 0.29) is 0 Å². The number of hydrogen-bond donors (Lipinski definition) is 2. The fraction of sp³-hybridized carbons (Fsp3) is 0.692. The number of carbonyl (C=O) groups excluding carboxylic acids is 1. The largest absolute Gasteiger partial charge is 0.504 e. The van der Waals surface area contributed by atoms with Gasteiger partial charge in [0, 0.05) is 5.57 Å². The van der Waals surface area contributed by atoms with Gasteiger partial charge in [-0.15, -0.1) is 0 Å². The van der Waals surface area contributed by atoms with Crippen LogP contribution in [0.25, 0.3) is 0 Å². The Morgan fingerprint density at radius 3 is 2.39 bits per heavy atom. The van der Waals surface area contributed by atoms with Crippen molar-refractivity contribution >= 4 is 11.8 Å². The minimum atomic E-state index is -0.540. The zero-order chi connectivity index (χ0) is 14.3. The molecule has 1 atom stereocenters. The van der Waals surface area contributed by atoms with Gasteiger partial charge in [0.25, 0.3) is 0 Å². The number of alkyl carbamates (subject to hydrolysis) is 1. The molecule has 1 amide bonds. The van der Waals surface area contributed by atoms with E-state index in [2.05, 4.69) is 5.32 Å². The Bertz CT molecular complexity index is 330. The lowest BCUT2D eigenvalue weighted by Gasteiger charge is -2.22. The highest BCUT2D eigenvalue weighted by atomic mass is 16.6. The first kappa shape index (κ1) is 16.5. The van der Waals surface area contributed by atoms with Crippen LogP contribution in [0.1, 0.15) is 41.0 Å². The van der Waals surface area contributed by atoms with Crippen molar-refractivity contribution < 1.29 is 14.3 Å². The normalized spacial score (nSPS) is 13.8. The lowest BCUT2D eigenvalue weighted by Crippen LogP contribution is -2.42. The van der Waals surface area contributed by atoms with Crippen LogP contribution in [-0.2, 0) is 9.47 Å². The summed E-state index contributed by atoms with van der Waals surface area (Å²) in [6, 6.07) is -0.416. The summed E-state index contributed by atoms with van der Waals surface area (Å²) in [4.78, 5) is 11.6. The maximum atomic E-state index is 11.6. The molecule has 0 saturated carbocycles. The second-order valence-corrected chi connectivity index (χ2v) is 5.01. The van der Waals surface area contributed by atoms with Crippen molar-refractivity contribution in [2.24, 2.45) is 0 Å². The summed E-state index contributed by atoms with van der Waals surface area (Å²) in [6.45, 7) is 9.06. The highest BCUT2D eigenvalue weighted by molar-refractivity contribution is 6.02. The van der Waals surface area contributed by atoms with Gasteiger partial charge in [-0.3, -0.25) is 0 Å². The molecule has 0 radical (unpaired) electrons. The van der Waals surface area contributed by atoms with Crippen LogP contribution in [0.15, 0.2) is 11.8 Å². The molecule has 0 heterocycles. The van der Waals surface area contributed by atoms with E-state index in [0.29, 0.717) is 12.1 Å². The van der Waals surface area contributed by atoms with Crippen LogP contribution >= 0.6 is 0 Å². The van der Waals surface area contributed by atoms with Crippen LogP contribution in [-0.4, -0.2) is 30.6 Å². The van der Waals surface area contributed by atoms with E-state index in [9.17, 15) is 4.79 Å². The molecule has 0 fully saturated rings. The van der Waals surface area contributed by atoms with Crippen molar-refractivity contribution in [3.63, 3.8) is 0 Å². The van der Waals surface area contributed by atoms with Crippen molar-refractivity contribution in [2.75, 3.05) is 7.11 Å².